The Balaban J connectivity index is 1.44. The molecule has 0 saturated heterocycles. The van der Waals surface area contributed by atoms with Crippen LogP contribution in [0.1, 0.15) is 23.1 Å². The van der Waals surface area contributed by atoms with Gasteiger partial charge in [-0.3, -0.25) is 9.48 Å². The number of ether oxygens (including phenoxy) is 1. The lowest BCUT2D eigenvalue weighted by Crippen LogP contribution is -2.25. The van der Waals surface area contributed by atoms with Crippen LogP contribution in [0.3, 0.4) is 0 Å². The molecule has 2 aromatic heterocycles. The molecule has 0 unspecified atom stereocenters. The molecule has 162 valence electrons. The fourth-order valence-corrected chi connectivity index (χ4v) is 3.24. The highest BCUT2D eigenvalue weighted by Gasteiger charge is 2.15. The molecule has 0 atom stereocenters. The van der Waals surface area contributed by atoms with Crippen LogP contribution in [0.5, 0.6) is 5.75 Å². The summed E-state index contributed by atoms with van der Waals surface area (Å²) in [6, 6.07) is 17.1. The van der Waals surface area contributed by atoms with Crippen LogP contribution in [0.15, 0.2) is 67.0 Å². The molecular weight excluding hydrogens is 409 g/mol. The predicted octanol–water partition coefficient (Wildman–Crippen LogP) is 4.01. The van der Waals surface area contributed by atoms with Crippen LogP contribution in [0, 0.1) is 5.82 Å². The maximum Gasteiger partial charge on any atom is 0.269 e. The highest BCUT2D eigenvalue weighted by atomic mass is 19.1. The third-order valence-electron chi connectivity index (χ3n) is 4.87. The Hall–Kier alpha value is -4.07. The van der Waals surface area contributed by atoms with E-state index in [1.165, 1.54) is 18.5 Å². The third-order valence-corrected chi connectivity index (χ3v) is 4.87. The van der Waals surface area contributed by atoms with E-state index in [1.807, 2.05) is 31.2 Å². The van der Waals surface area contributed by atoms with Gasteiger partial charge in [-0.25, -0.2) is 14.4 Å². The van der Waals surface area contributed by atoms with Crippen LogP contribution in [-0.4, -0.2) is 32.3 Å². The summed E-state index contributed by atoms with van der Waals surface area (Å²) >= 11 is 0. The smallest absolute Gasteiger partial charge is 0.269 e. The van der Waals surface area contributed by atoms with Crippen molar-refractivity contribution >= 4 is 5.91 Å². The molecule has 0 bridgehead atoms. The highest BCUT2D eigenvalue weighted by molar-refractivity contribution is 5.93. The first kappa shape index (κ1) is 21.2. The number of carbonyl (C=O) groups is 1. The fraction of sp³-hybridized carbons (Fsp3) is 0.167. The number of hydrogen-bond acceptors (Lipinski definition) is 5. The minimum atomic E-state index is -0.309. The Bertz CT molecular complexity index is 1220. The van der Waals surface area contributed by atoms with E-state index >= 15 is 0 Å². The normalized spacial score (nSPS) is 10.7. The Morgan fingerprint density at radius 1 is 1.00 bits per heavy atom. The lowest BCUT2D eigenvalue weighted by molar-refractivity contribution is 0.0941. The van der Waals surface area contributed by atoms with Crippen molar-refractivity contribution < 1.29 is 13.9 Å². The molecule has 0 saturated carbocycles. The van der Waals surface area contributed by atoms with Gasteiger partial charge < -0.3 is 10.1 Å². The Labute approximate surface area is 184 Å². The maximum atomic E-state index is 13.2. The van der Waals surface area contributed by atoms with Gasteiger partial charge in [-0.15, -0.1) is 0 Å². The molecule has 4 aromatic rings. The molecule has 0 aliphatic carbocycles. The van der Waals surface area contributed by atoms with E-state index in [2.05, 4.69) is 20.4 Å². The van der Waals surface area contributed by atoms with E-state index < -0.39 is 0 Å². The largest absolute Gasteiger partial charge is 0.494 e. The van der Waals surface area contributed by atoms with Gasteiger partial charge in [0.25, 0.3) is 5.91 Å². The zero-order valence-electron chi connectivity index (χ0n) is 17.7. The minimum Gasteiger partial charge on any atom is -0.494 e. The van der Waals surface area contributed by atoms with Crippen molar-refractivity contribution in [3.8, 4) is 28.3 Å². The number of nitrogens with one attached hydrogen (secondary N) is 1. The van der Waals surface area contributed by atoms with Crippen LogP contribution < -0.4 is 10.1 Å². The van der Waals surface area contributed by atoms with Gasteiger partial charge >= 0.3 is 0 Å². The van der Waals surface area contributed by atoms with Crippen LogP contribution in [-0.2, 0) is 13.6 Å². The van der Waals surface area contributed by atoms with Gasteiger partial charge in [-0.05, 0) is 67.6 Å². The lowest BCUT2D eigenvalue weighted by atomic mass is 10.1. The quantitative estimate of drug-likeness (QED) is 0.478. The lowest BCUT2D eigenvalue weighted by Gasteiger charge is -2.06. The van der Waals surface area contributed by atoms with Crippen LogP contribution >= 0.6 is 0 Å². The van der Waals surface area contributed by atoms with Gasteiger partial charge in [0, 0.05) is 18.2 Å². The minimum absolute atomic E-state index is 0.221. The molecule has 0 aliphatic heterocycles. The van der Waals surface area contributed by atoms with Crippen LogP contribution in [0.4, 0.5) is 4.39 Å². The summed E-state index contributed by atoms with van der Waals surface area (Å²) in [6.07, 6.45) is 1.42. The molecule has 0 spiro atoms. The van der Waals surface area contributed by atoms with E-state index in [1.54, 1.807) is 36.0 Å². The van der Waals surface area contributed by atoms with Gasteiger partial charge in [0.2, 0.25) is 0 Å². The molecule has 0 aliphatic rings. The molecular formula is C24H22FN5O2. The standard InChI is InChI=1S/C24H22FN5O2/c1-3-32-20-10-6-17(7-11-20)22-13-23(30(2)29-22)24(31)26-14-19-12-21(28-15-27-19)16-4-8-18(25)9-5-16/h4-13,15H,3,14H2,1-2H3,(H,26,31). The molecule has 2 aromatic carbocycles. The SMILES string of the molecule is CCOc1ccc(-c2cc(C(=O)NCc3cc(-c4ccc(F)cc4)ncn3)n(C)n2)cc1. The van der Waals surface area contributed by atoms with E-state index in [9.17, 15) is 9.18 Å². The van der Waals surface area contributed by atoms with E-state index in [0.717, 1.165) is 16.9 Å². The van der Waals surface area contributed by atoms with Gasteiger partial charge in [-0.2, -0.15) is 5.10 Å². The zero-order valence-corrected chi connectivity index (χ0v) is 17.7. The number of nitrogens with zero attached hydrogens (tertiary/aromatic N) is 4. The Kier molecular flexibility index (Phi) is 6.21. The first-order valence-electron chi connectivity index (χ1n) is 10.2. The van der Waals surface area contributed by atoms with Crippen molar-refractivity contribution in [3.63, 3.8) is 0 Å². The van der Waals surface area contributed by atoms with Crippen LogP contribution in [0.25, 0.3) is 22.5 Å². The van der Waals surface area contributed by atoms with Gasteiger partial charge in [0.15, 0.2) is 0 Å². The topological polar surface area (TPSA) is 81.9 Å². The van der Waals surface area contributed by atoms with Crippen molar-refractivity contribution in [1.29, 1.82) is 0 Å². The van der Waals surface area contributed by atoms with Crippen molar-refractivity contribution in [1.82, 2.24) is 25.1 Å². The Morgan fingerprint density at radius 2 is 1.69 bits per heavy atom. The van der Waals surface area contributed by atoms with Crippen molar-refractivity contribution in [2.75, 3.05) is 6.61 Å². The zero-order chi connectivity index (χ0) is 22.5. The number of rotatable bonds is 7. The summed E-state index contributed by atoms with van der Waals surface area (Å²) in [5, 5.41) is 7.32. The molecule has 2 heterocycles. The second-order valence-corrected chi connectivity index (χ2v) is 7.08. The molecule has 4 rings (SSSR count). The second-order valence-electron chi connectivity index (χ2n) is 7.08. The maximum absolute atomic E-state index is 13.2. The molecule has 1 amide bonds. The summed E-state index contributed by atoms with van der Waals surface area (Å²) in [4.78, 5) is 21.2. The fourth-order valence-electron chi connectivity index (χ4n) is 3.24. The van der Waals surface area contributed by atoms with Crippen molar-refractivity contribution in [2.45, 2.75) is 13.5 Å². The average molecular weight is 431 g/mol. The van der Waals surface area contributed by atoms with E-state index in [-0.39, 0.29) is 18.3 Å². The van der Waals surface area contributed by atoms with Gasteiger partial charge in [-0.1, -0.05) is 0 Å². The van der Waals surface area contributed by atoms with Crippen LogP contribution in [0.2, 0.25) is 0 Å². The number of amides is 1. The van der Waals surface area contributed by atoms with Crippen molar-refractivity contribution in [3.05, 3.63) is 84.2 Å². The summed E-state index contributed by atoms with van der Waals surface area (Å²) in [6.45, 7) is 2.76. The third kappa shape index (κ3) is 4.80. The van der Waals surface area contributed by atoms with Crippen molar-refractivity contribution in [2.24, 2.45) is 7.05 Å². The first-order valence-corrected chi connectivity index (χ1v) is 10.2. The van der Waals surface area contributed by atoms with E-state index in [0.29, 0.717) is 29.4 Å². The molecule has 32 heavy (non-hydrogen) atoms. The number of aromatic nitrogens is 4. The molecule has 8 heteroatoms. The monoisotopic (exact) mass is 431 g/mol. The highest BCUT2D eigenvalue weighted by Crippen LogP contribution is 2.22. The number of benzene rings is 2. The summed E-state index contributed by atoms with van der Waals surface area (Å²) in [7, 11) is 1.73. The van der Waals surface area contributed by atoms with Gasteiger partial charge in [0.1, 0.15) is 23.6 Å². The molecule has 1 N–H and O–H groups in total. The average Bonchev–Trinajstić information content (AvgIpc) is 3.20. The molecule has 7 nitrogen and oxygen atoms in total. The molecule has 0 fully saturated rings. The number of carbonyl (C=O) groups excluding carboxylic acids is 1. The first-order chi connectivity index (χ1) is 15.5. The second kappa shape index (κ2) is 9.38. The Morgan fingerprint density at radius 3 is 2.41 bits per heavy atom. The summed E-state index contributed by atoms with van der Waals surface area (Å²) < 4.78 is 20.2. The van der Waals surface area contributed by atoms with E-state index in [4.69, 9.17) is 4.74 Å². The summed E-state index contributed by atoms with van der Waals surface area (Å²) in [5.41, 5.74) is 4.09. The number of hydrogen-bond donors (Lipinski definition) is 1. The predicted molar refractivity (Wildman–Crippen MR) is 118 cm³/mol. The number of halogens is 1. The molecule has 0 radical (unpaired) electrons. The summed E-state index contributed by atoms with van der Waals surface area (Å²) in [5.74, 6) is 0.213. The van der Waals surface area contributed by atoms with Gasteiger partial charge in [0.05, 0.1) is 30.2 Å². The number of aryl methyl sites for hydroxylation is 1.